The molecule has 1 rings (SSSR count). The molecular formula is C21H33N. The van der Waals surface area contributed by atoms with E-state index in [1.807, 2.05) is 0 Å². The summed E-state index contributed by atoms with van der Waals surface area (Å²) in [5.41, 5.74) is 3.85. The highest BCUT2D eigenvalue weighted by Gasteiger charge is 2.16. The second-order valence-corrected chi connectivity index (χ2v) is 6.48. The van der Waals surface area contributed by atoms with Gasteiger partial charge in [0.2, 0.25) is 0 Å². The lowest BCUT2D eigenvalue weighted by molar-refractivity contribution is 0.443. The average Bonchev–Trinajstić information content (AvgIpc) is 2.50. The zero-order valence-electron chi connectivity index (χ0n) is 14.7. The molecule has 0 saturated carbocycles. The molecule has 1 aromatic rings. The minimum absolute atomic E-state index is 0.364. The molecule has 122 valence electrons. The quantitative estimate of drug-likeness (QED) is 0.409. The number of hydrogen-bond donors (Lipinski definition) is 1. The van der Waals surface area contributed by atoms with Crippen LogP contribution in [-0.4, -0.2) is 12.1 Å². The largest absolute Gasteiger partial charge is 0.304 e. The molecule has 0 amide bonds. The van der Waals surface area contributed by atoms with Gasteiger partial charge in [-0.2, -0.15) is 0 Å². The number of aryl methyl sites for hydroxylation is 1. The molecule has 0 heterocycles. The summed E-state index contributed by atoms with van der Waals surface area (Å²) in [4.78, 5) is 0. The third kappa shape index (κ3) is 7.09. The Morgan fingerprint density at radius 3 is 2.09 bits per heavy atom. The van der Waals surface area contributed by atoms with Gasteiger partial charge in [0, 0.05) is 12.1 Å². The maximum Gasteiger partial charge on any atom is 0.0282 e. The van der Waals surface area contributed by atoms with Crippen molar-refractivity contribution in [3.63, 3.8) is 0 Å². The van der Waals surface area contributed by atoms with Crippen LogP contribution in [0.4, 0.5) is 0 Å². The van der Waals surface area contributed by atoms with Gasteiger partial charge >= 0.3 is 0 Å². The van der Waals surface area contributed by atoms with Gasteiger partial charge in [-0.25, -0.2) is 0 Å². The molecule has 1 heteroatoms. The summed E-state index contributed by atoms with van der Waals surface area (Å²) < 4.78 is 0. The van der Waals surface area contributed by atoms with E-state index < -0.39 is 0 Å². The molecule has 0 radical (unpaired) electrons. The highest BCUT2D eigenvalue weighted by Crippen LogP contribution is 2.15. The van der Waals surface area contributed by atoms with Gasteiger partial charge in [0.1, 0.15) is 0 Å². The predicted molar refractivity (Wildman–Crippen MR) is 99.2 cm³/mol. The van der Waals surface area contributed by atoms with Gasteiger partial charge in [0.15, 0.2) is 0 Å². The Balaban J connectivity index is 2.57. The van der Waals surface area contributed by atoms with Gasteiger partial charge in [0.05, 0.1) is 0 Å². The highest BCUT2D eigenvalue weighted by molar-refractivity contribution is 5.16. The lowest BCUT2D eigenvalue weighted by Gasteiger charge is -2.27. The van der Waals surface area contributed by atoms with Gasteiger partial charge in [-0.3, -0.25) is 0 Å². The molecular weight excluding hydrogens is 266 g/mol. The molecule has 1 N–H and O–H groups in total. The van der Waals surface area contributed by atoms with Crippen LogP contribution in [0, 0.1) is 0 Å². The van der Waals surface area contributed by atoms with Gasteiger partial charge in [0.25, 0.3) is 0 Å². The van der Waals surface area contributed by atoms with Crippen molar-refractivity contribution in [2.45, 2.75) is 71.4 Å². The van der Waals surface area contributed by atoms with Crippen LogP contribution >= 0.6 is 0 Å². The SMILES string of the molecule is C=C(C)C(CCCCC)NC(CCc1ccccc1)C(=C)C. The zero-order chi connectivity index (χ0) is 16.4. The molecule has 0 spiro atoms. The molecule has 2 unspecified atom stereocenters. The fraction of sp³-hybridized carbons (Fsp3) is 0.524. The average molecular weight is 300 g/mol. The van der Waals surface area contributed by atoms with E-state index in [9.17, 15) is 0 Å². The van der Waals surface area contributed by atoms with E-state index in [4.69, 9.17) is 0 Å². The Kier molecular flexibility index (Phi) is 8.84. The first-order valence-corrected chi connectivity index (χ1v) is 8.65. The van der Waals surface area contributed by atoms with E-state index in [2.05, 4.69) is 69.6 Å². The third-order valence-corrected chi connectivity index (χ3v) is 4.25. The van der Waals surface area contributed by atoms with Crippen LogP contribution in [0.15, 0.2) is 54.6 Å². The molecule has 0 aliphatic heterocycles. The lowest BCUT2D eigenvalue weighted by Crippen LogP contribution is -2.39. The zero-order valence-corrected chi connectivity index (χ0v) is 14.7. The Labute approximate surface area is 137 Å². The van der Waals surface area contributed by atoms with Crippen LogP contribution in [-0.2, 0) is 6.42 Å². The summed E-state index contributed by atoms with van der Waals surface area (Å²) in [6, 6.07) is 11.5. The predicted octanol–water partition coefficient (Wildman–Crippen LogP) is 5.68. The summed E-state index contributed by atoms with van der Waals surface area (Å²) in [7, 11) is 0. The Morgan fingerprint density at radius 2 is 1.55 bits per heavy atom. The van der Waals surface area contributed by atoms with Crippen molar-refractivity contribution in [3.05, 3.63) is 60.2 Å². The van der Waals surface area contributed by atoms with Gasteiger partial charge in [-0.1, -0.05) is 80.8 Å². The Hall–Kier alpha value is -1.34. The van der Waals surface area contributed by atoms with Crippen molar-refractivity contribution < 1.29 is 0 Å². The number of hydrogen-bond acceptors (Lipinski definition) is 1. The maximum absolute atomic E-state index is 4.18. The molecule has 2 atom stereocenters. The van der Waals surface area contributed by atoms with Crippen LogP contribution < -0.4 is 5.32 Å². The molecule has 0 aliphatic rings. The van der Waals surface area contributed by atoms with E-state index in [0.29, 0.717) is 12.1 Å². The summed E-state index contributed by atoms with van der Waals surface area (Å²) in [5, 5.41) is 3.78. The molecule has 1 nitrogen and oxygen atoms in total. The minimum atomic E-state index is 0.364. The highest BCUT2D eigenvalue weighted by atomic mass is 14.9. The van der Waals surface area contributed by atoms with Gasteiger partial charge in [-0.05, 0) is 38.7 Å². The second-order valence-electron chi connectivity index (χ2n) is 6.48. The summed E-state index contributed by atoms with van der Waals surface area (Å²) in [5.74, 6) is 0. The van der Waals surface area contributed by atoms with Crippen LogP contribution in [0.1, 0.15) is 58.4 Å². The van der Waals surface area contributed by atoms with E-state index in [-0.39, 0.29) is 0 Å². The van der Waals surface area contributed by atoms with E-state index in [1.165, 1.54) is 42.4 Å². The van der Waals surface area contributed by atoms with E-state index in [0.717, 1.165) is 12.8 Å². The van der Waals surface area contributed by atoms with Crippen LogP contribution in [0.25, 0.3) is 0 Å². The number of nitrogens with one attached hydrogen (secondary N) is 1. The fourth-order valence-electron chi connectivity index (χ4n) is 2.74. The first-order valence-electron chi connectivity index (χ1n) is 8.65. The summed E-state index contributed by atoms with van der Waals surface area (Å²) in [6.07, 6.45) is 7.19. The smallest absolute Gasteiger partial charge is 0.0282 e. The fourth-order valence-corrected chi connectivity index (χ4v) is 2.74. The van der Waals surface area contributed by atoms with E-state index >= 15 is 0 Å². The number of benzene rings is 1. The molecule has 0 aromatic heterocycles. The maximum atomic E-state index is 4.18. The normalized spacial score (nSPS) is 13.6. The topological polar surface area (TPSA) is 12.0 Å². The van der Waals surface area contributed by atoms with Crippen LogP contribution in [0.3, 0.4) is 0 Å². The first kappa shape index (κ1) is 18.7. The molecule has 0 saturated heterocycles. The van der Waals surface area contributed by atoms with Gasteiger partial charge < -0.3 is 5.32 Å². The number of rotatable bonds is 11. The molecule has 0 bridgehead atoms. The molecule has 22 heavy (non-hydrogen) atoms. The summed E-state index contributed by atoms with van der Waals surface area (Å²) >= 11 is 0. The Morgan fingerprint density at radius 1 is 0.955 bits per heavy atom. The minimum Gasteiger partial charge on any atom is -0.304 e. The van der Waals surface area contributed by atoms with Crippen molar-refractivity contribution in [2.24, 2.45) is 0 Å². The van der Waals surface area contributed by atoms with Crippen molar-refractivity contribution in [3.8, 4) is 0 Å². The number of unbranched alkanes of at least 4 members (excludes halogenated alkanes) is 2. The standard InChI is InChI=1S/C21H33N/c1-6-7-9-14-20(17(2)3)22-21(18(4)5)16-15-19-12-10-8-11-13-19/h8,10-13,20-22H,2,4,6-7,9,14-16H2,1,3,5H3. The van der Waals surface area contributed by atoms with Crippen molar-refractivity contribution in [1.82, 2.24) is 5.32 Å². The van der Waals surface area contributed by atoms with Crippen molar-refractivity contribution in [1.29, 1.82) is 0 Å². The van der Waals surface area contributed by atoms with E-state index in [1.54, 1.807) is 0 Å². The van der Waals surface area contributed by atoms with Gasteiger partial charge in [-0.15, -0.1) is 0 Å². The van der Waals surface area contributed by atoms with Crippen LogP contribution in [0.2, 0.25) is 0 Å². The first-order chi connectivity index (χ1) is 10.5. The third-order valence-electron chi connectivity index (χ3n) is 4.25. The monoisotopic (exact) mass is 299 g/mol. The molecule has 0 fully saturated rings. The van der Waals surface area contributed by atoms with Crippen LogP contribution in [0.5, 0.6) is 0 Å². The molecule has 0 aliphatic carbocycles. The Bertz CT molecular complexity index is 446. The molecule has 1 aromatic carbocycles. The van der Waals surface area contributed by atoms with Crippen molar-refractivity contribution >= 4 is 0 Å². The summed E-state index contributed by atoms with van der Waals surface area (Å²) in [6.45, 7) is 14.9. The van der Waals surface area contributed by atoms with Crippen molar-refractivity contribution in [2.75, 3.05) is 0 Å². The lowest BCUT2D eigenvalue weighted by atomic mass is 9.96. The second kappa shape index (κ2) is 10.4.